The third-order valence-electron chi connectivity index (χ3n) is 4.35. The van der Waals surface area contributed by atoms with Gasteiger partial charge in [-0.2, -0.15) is 0 Å². The van der Waals surface area contributed by atoms with Crippen LogP contribution in [0.15, 0.2) is 30.3 Å². The van der Waals surface area contributed by atoms with E-state index in [1.54, 1.807) is 0 Å². The molecule has 1 N–H and O–H groups in total. The highest BCUT2D eigenvalue weighted by Crippen LogP contribution is 2.13. The van der Waals surface area contributed by atoms with Crippen LogP contribution in [0.4, 0.5) is 5.69 Å². The first kappa shape index (κ1) is 16.3. The van der Waals surface area contributed by atoms with Gasteiger partial charge in [-0.25, -0.2) is 0 Å². The summed E-state index contributed by atoms with van der Waals surface area (Å²) in [6, 6.07) is 11.4. The Morgan fingerprint density at radius 2 is 2.10 bits per heavy atom. The molecule has 0 radical (unpaired) electrons. The fraction of sp³-hybridized carbons (Fsp3) is 0.667. The highest BCUT2D eigenvalue weighted by molar-refractivity contribution is 5.44. The van der Waals surface area contributed by atoms with E-state index in [2.05, 4.69) is 59.4 Å². The molecule has 1 saturated heterocycles. The second-order valence-corrected chi connectivity index (χ2v) is 6.20. The van der Waals surface area contributed by atoms with Crippen molar-refractivity contribution in [2.24, 2.45) is 0 Å². The first-order chi connectivity index (χ1) is 10.3. The van der Waals surface area contributed by atoms with Gasteiger partial charge in [0.15, 0.2) is 0 Å². The minimum Gasteiger partial charge on any atom is -0.375 e. The number of benzene rings is 1. The van der Waals surface area contributed by atoms with Crippen molar-refractivity contribution in [1.29, 1.82) is 0 Å². The molecule has 1 fully saturated rings. The van der Waals surface area contributed by atoms with Crippen molar-refractivity contribution < 1.29 is 0 Å². The third-order valence-corrected chi connectivity index (χ3v) is 4.35. The molecular weight excluding hydrogens is 258 g/mol. The molecule has 0 saturated carbocycles. The number of hydrogen-bond acceptors (Lipinski definition) is 3. The lowest BCUT2D eigenvalue weighted by molar-refractivity contribution is 0.190. The molecule has 1 aromatic rings. The Hall–Kier alpha value is -1.06. The molecule has 0 spiro atoms. The summed E-state index contributed by atoms with van der Waals surface area (Å²) in [5.74, 6) is 0. The lowest BCUT2D eigenvalue weighted by Gasteiger charge is -2.33. The van der Waals surface area contributed by atoms with Crippen molar-refractivity contribution in [3.8, 4) is 0 Å². The molecule has 0 aliphatic carbocycles. The minimum absolute atomic E-state index is 0.713. The first-order valence-electron chi connectivity index (χ1n) is 8.51. The maximum atomic E-state index is 3.67. The van der Waals surface area contributed by atoms with Gasteiger partial charge in [0.2, 0.25) is 0 Å². The van der Waals surface area contributed by atoms with E-state index in [9.17, 15) is 0 Å². The van der Waals surface area contributed by atoms with Gasteiger partial charge in [0, 0.05) is 31.9 Å². The van der Waals surface area contributed by atoms with E-state index in [1.807, 2.05) is 0 Å². The molecule has 0 bridgehead atoms. The third kappa shape index (κ3) is 5.68. The summed E-state index contributed by atoms with van der Waals surface area (Å²) < 4.78 is 0. The number of nitrogens with zero attached hydrogens (tertiary/aromatic N) is 2. The lowest BCUT2D eigenvalue weighted by Crippen LogP contribution is -2.46. The summed E-state index contributed by atoms with van der Waals surface area (Å²) in [6.07, 6.45) is 5.17. The summed E-state index contributed by atoms with van der Waals surface area (Å²) in [5, 5.41) is 3.67. The molecule has 1 aliphatic rings. The fourth-order valence-corrected chi connectivity index (χ4v) is 3.12. The van der Waals surface area contributed by atoms with Crippen LogP contribution in [0.25, 0.3) is 0 Å². The summed E-state index contributed by atoms with van der Waals surface area (Å²) in [7, 11) is 2.19. The van der Waals surface area contributed by atoms with Gasteiger partial charge in [-0.05, 0) is 57.5 Å². The normalized spacial score (nSPS) is 19.6. The standard InChI is InChI=1S/C18H31N3/c1-3-12-19-17-9-7-14-21(16-17)15-8-13-20(2)18-10-5-4-6-11-18/h4-6,10-11,17,19H,3,7-9,12-16H2,1-2H3. The largest absolute Gasteiger partial charge is 0.375 e. The number of piperidine rings is 1. The molecule has 1 aromatic carbocycles. The van der Waals surface area contributed by atoms with Crippen LogP contribution in [0.1, 0.15) is 32.6 Å². The van der Waals surface area contributed by atoms with Crippen LogP contribution in [0.3, 0.4) is 0 Å². The Morgan fingerprint density at radius 1 is 1.29 bits per heavy atom. The van der Waals surface area contributed by atoms with Gasteiger partial charge in [0.25, 0.3) is 0 Å². The van der Waals surface area contributed by atoms with E-state index >= 15 is 0 Å². The molecule has 2 rings (SSSR count). The van der Waals surface area contributed by atoms with Gasteiger partial charge in [0.1, 0.15) is 0 Å². The molecule has 3 nitrogen and oxygen atoms in total. The number of hydrogen-bond donors (Lipinski definition) is 1. The number of nitrogens with one attached hydrogen (secondary N) is 1. The Bertz CT molecular complexity index is 379. The van der Waals surface area contributed by atoms with Crippen LogP contribution >= 0.6 is 0 Å². The highest BCUT2D eigenvalue weighted by atomic mass is 15.2. The van der Waals surface area contributed by atoms with Crippen LogP contribution in [-0.2, 0) is 0 Å². The average molecular weight is 289 g/mol. The van der Waals surface area contributed by atoms with E-state index < -0.39 is 0 Å². The Balaban J connectivity index is 1.66. The van der Waals surface area contributed by atoms with Gasteiger partial charge in [-0.15, -0.1) is 0 Å². The van der Waals surface area contributed by atoms with Crippen molar-refractivity contribution in [3.63, 3.8) is 0 Å². The molecule has 3 heteroatoms. The molecule has 1 unspecified atom stereocenters. The summed E-state index contributed by atoms with van der Waals surface area (Å²) in [4.78, 5) is 4.99. The Morgan fingerprint density at radius 3 is 2.86 bits per heavy atom. The topological polar surface area (TPSA) is 18.5 Å². The van der Waals surface area contributed by atoms with E-state index in [0.717, 1.165) is 13.1 Å². The van der Waals surface area contributed by atoms with Crippen molar-refractivity contribution in [1.82, 2.24) is 10.2 Å². The second-order valence-electron chi connectivity index (χ2n) is 6.20. The molecule has 118 valence electrons. The SMILES string of the molecule is CCCNC1CCCN(CCCN(C)c2ccccc2)C1. The summed E-state index contributed by atoms with van der Waals surface area (Å²) in [6.45, 7) is 8.27. The van der Waals surface area contributed by atoms with E-state index in [-0.39, 0.29) is 0 Å². The Kier molecular flexibility index (Phi) is 7.04. The monoisotopic (exact) mass is 289 g/mol. The van der Waals surface area contributed by atoms with Crippen LogP contribution in [0, 0.1) is 0 Å². The molecule has 1 aliphatic heterocycles. The van der Waals surface area contributed by atoms with Crippen LogP contribution < -0.4 is 10.2 Å². The lowest BCUT2D eigenvalue weighted by atomic mass is 10.1. The molecule has 21 heavy (non-hydrogen) atoms. The summed E-state index contributed by atoms with van der Waals surface area (Å²) >= 11 is 0. The zero-order chi connectivity index (χ0) is 14.9. The predicted octanol–water partition coefficient (Wildman–Crippen LogP) is 2.98. The van der Waals surface area contributed by atoms with Crippen molar-refractivity contribution in [3.05, 3.63) is 30.3 Å². The number of likely N-dealkylation sites (tertiary alicyclic amines) is 1. The summed E-state index contributed by atoms with van der Waals surface area (Å²) in [5.41, 5.74) is 1.32. The van der Waals surface area contributed by atoms with Gasteiger partial charge >= 0.3 is 0 Å². The van der Waals surface area contributed by atoms with Crippen molar-refractivity contribution in [2.75, 3.05) is 44.7 Å². The molecule has 1 heterocycles. The van der Waals surface area contributed by atoms with E-state index in [0.29, 0.717) is 6.04 Å². The maximum absolute atomic E-state index is 3.67. The van der Waals surface area contributed by atoms with Crippen molar-refractivity contribution in [2.45, 2.75) is 38.6 Å². The average Bonchev–Trinajstić information content (AvgIpc) is 2.54. The predicted molar refractivity (Wildman–Crippen MR) is 92.1 cm³/mol. The van der Waals surface area contributed by atoms with Gasteiger partial charge in [-0.1, -0.05) is 25.1 Å². The van der Waals surface area contributed by atoms with Gasteiger partial charge in [0.05, 0.1) is 0 Å². The number of para-hydroxylation sites is 1. The second kappa shape index (κ2) is 9.06. The quantitative estimate of drug-likeness (QED) is 0.794. The Labute approximate surface area is 130 Å². The maximum Gasteiger partial charge on any atom is 0.0363 e. The van der Waals surface area contributed by atoms with E-state index in [1.165, 1.54) is 51.0 Å². The van der Waals surface area contributed by atoms with E-state index in [4.69, 9.17) is 0 Å². The minimum atomic E-state index is 0.713. The van der Waals surface area contributed by atoms with Crippen LogP contribution in [0.2, 0.25) is 0 Å². The smallest absolute Gasteiger partial charge is 0.0363 e. The number of anilines is 1. The van der Waals surface area contributed by atoms with Gasteiger partial charge in [-0.3, -0.25) is 0 Å². The molecule has 1 atom stereocenters. The van der Waals surface area contributed by atoms with Crippen molar-refractivity contribution >= 4 is 5.69 Å². The van der Waals surface area contributed by atoms with Gasteiger partial charge < -0.3 is 15.1 Å². The number of rotatable bonds is 8. The highest BCUT2D eigenvalue weighted by Gasteiger charge is 2.18. The van der Waals surface area contributed by atoms with Crippen LogP contribution in [0.5, 0.6) is 0 Å². The first-order valence-corrected chi connectivity index (χ1v) is 8.51. The zero-order valence-corrected chi connectivity index (χ0v) is 13.7. The molecule has 0 amide bonds. The molecule has 0 aromatic heterocycles. The zero-order valence-electron chi connectivity index (χ0n) is 13.7. The van der Waals surface area contributed by atoms with Crippen LogP contribution in [-0.4, -0.2) is 50.7 Å². The fourth-order valence-electron chi connectivity index (χ4n) is 3.12. The molecular formula is C18H31N3.